The van der Waals surface area contributed by atoms with Gasteiger partial charge in [-0.2, -0.15) is 5.10 Å². The molecule has 1 heterocycles. The van der Waals surface area contributed by atoms with E-state index in [9.17, 15) is 0 Å². The molecule has 0 saturated heterocycles. The van der Waals surface area contributed by atoms with Crippen molar-refractivity contribution in [2.24, 2.45) is 0 Å². The quantitative estimate of drug-likeness (QED) is 0.788. The van der Waals surface area contributed by atoms with Gasteiger partial charge in [-0.05, 0) is 36.4 Å². The lowest BCUT2D eigenvalue weighted by Gasteiger charge is -2.06. The molecule has 0 aromatic carbocycles. The van der Waals surface area contributed by atoms with Crippen LogP contribution >= 0.6 is 22.6 Å². The van der Waals surface area contributed by atoms with Gasteiger partial charge in [0.15, 0.2) is 0 Å². The molecule has 0 aliphatic rings. The van der Waals surface area contributed by atoms with E-state index in [1.807, 2.05) is 30.9 Å². The lowest BCUT2D eigenvalue weighted by molar-refractivity contribution is 0.0709. The highest BCUT2D eigenvalue weighted by molar-refractivity contribution is 14.1. The predicted molar refractivity (Wildman–Crippen MR) is 56.0 cm³/mol. The van der Waals surface area contributed by atoms with Gasteiger partial charge in [-0.1, -0.05) is 0 Å². The Morgan fingerprint density at radius 1 is 1.67 bits per heavy atom. The Morgan fingerprint density at radius 3 is 2.92 bits per heavy atom. The normalized spacial score (nSPS) is 11.0. The summed E-state index contributed by atoms with van der Waals surface area (Å²) >= 11 is 2.24. The van der Waals surface area contributed by atoms with Crippen LogP contribution in [0.4, 0.5) is 0 Å². The Hall–Kier alpha value is -0.100. The monoisotopic (exact) mass is 280 g/mol. The lowest BCUT2D eigenvalue weighted by atomic mass is 10.5. The van der Waals surface area contributed by atoms with E-state index in [1.54, 1.807) is 0 Å². The molecule has 0 unspecified atom stereocenters. The van der Waals surface area contributed by atoms with Gasteiger partial charge in [0.05, 0.1) is 29.0 Å². The molecule has 12 heavy (non-hydrogen) atoms. The highest BCUT2D eigenvalue weighted by Crippen LogP contribution is 2.00. The van der Waals surface area contributed by atoms with E-state index in [0.717, 1.165) is 16.7 Å². The van der Waals surface area contributed by atoms with Crippen LogP contribution in [0.2, 0.25) is 0 Å². The standard InChI is InChI=1S/C8H13IN2O/c1-7(2)12-4-3-11-6-8(9)5-10-11/h5-7H,3-4H2,1-2H3. The molecule has 0 radical (unpaired) electrons. The second kappa shape index (κ2) is 4.81. The number of nitrogens with zero attached hydrogens (tertiary/aromatic N) is 2. The van der Waals surface area contributed by atoms with Crippen LogP contribution in [0.3, 0.4) is 0 Å². The summed E-state index contributed by atoms with van der Waals surface area (Å²) < 4.78 is 8.45. The first-order chi connectivity index (χ1) is 5.68. The zero-order valence-electron chi connectivity index (χ0n) is 7.33. The third-order valence-corrected chi connectivity index (χ3v) is 1.93. The van der Waals surface area contributed by atoms with E-state index in [2.05, 4.69) is 27.7 Å². The van der Waals surface area contributed by atoms with E-state index in [0.29, 0.717) is 6.10 Å². The number of hydrogen-bond acceptors (Lipinski definition) is 2. The molecule has 1 rings (SSSR count). The van der Waals surface area contributed by atoms with Crippen LogP contribution in [0.25, 0.3) is 0 Å². The van der Waals surface area contributed by atoms with E-state index < -0.39 is 0 Å². The molecule has 1 aromatic heterocycles. The second-order valence-electron chi connectivity index (χ2n) is 2.84. The second-order valence-corrected chi connectivity index (χ2v) is 4.09. The Labute approximate surface area is 86.2 Å². The largest absolute Gasteiger partial charge is 0.377 e. The molecule has 3 nitrogen and oxygen atoms in total. The van der Waals surface area contributed by atoms with Gasteiger partial charge in [0, 0.05) is 6.20 Å². The zero-order valence-corrected chi connectivity index (χ0v) is 9.48. The summed E-state index contributed by atoms with van der Waals surface area (Å²) in [6, 6.07) is 0. The average Bonchev–Trinajstić information content (AvgIpc) is 2.35. The van der Waals surface area contributed by atoms with Gasteiger partial charge in [0.2, 0.25) is 0 Å². The molecule has 1 aromatic rings. The van der Waals surface area contributed by atoms with Crippen LogP contribution in [0.15, 0.2) is 12.4 Å². The maximum atomic E-state index is 5.39. The Balaban J connectivity index is 2.24. The molecular weight excluding hydrogens is 267 g/mol. The predicted octanol–water partition coefficient (Wildman–Crippen LogP) is 1.91. The van der Waals surface area contributed by atoms with Gasteiger partial charge in [0.1, 0.15) is 0 Å². The first-order valence-corrected chi connectivity index (χ1v) is 5.06. The van der Waals surface area contributed by atoms with Gasteiger partial charge >= 0.3 is 0 Å². The molecular formula is C8H13IN2O. The summed E-state index contributed by atoms with van der Waals surface area (Å²) in [5, 5.41) is 4.14. The van der Waals surface area contributed by atoms with Crippen LogP contribution in [0.1, 0.15) is 13.8 Å². The molecule has 0 aliphatic carbocycles. The molecule has 0 fully saturated rings. The number of rotatable bonds is 4. The average molecular weight is 280 g/mol. The van der Waals surface area contributed by atoms with Crippen molar-refractivity contribution in [3.8, 4) is 0 Å². The van der Waals surface area contributed by atoms with E-state index >= 15 is 0 Å². The number of halogens is 1. The lowest BCUT2D eigenvalue weighted by Crippen LogP contribution is -2.10. The van der Waals surface area contributed by atoms with Crippen LogP contribution in [0, 0.1) is 3.57 Å². The summed E-state index contributed by atoms with van der Waals surface area (Å²) in [7, 11) is 0. The van der Waals surface area contributed by atoms with Crippen molar-refractivity contribution < 1.29 is 4.74 Å². The molecule has 0 spiro atoms. The van der Waals surface area contributed by atoms with E-state index in [-0.39, 0.29) is 0 Å². The van der Waals surface area contributed by atoms with Crippen molar-refractivity contribution in [2.45, 2.75) is 26.5 Å². The molecule has 68 valence electrons. The zero-order chi connectivity index (χ0) is 8.97. The van der Waals surface area contributed by atoms with Gasteiger partial charge in [0.25, 0.3) is 0 Å². The highest BCUT2D eigenvalue weighted by atomic mass is 127. The van der Waals surface area contributed by atoms with Crippen molar-refractivity contribution in [3.63, 3.8) is 0 Å². The fourth-order valence-electron chi connectivity index (χ4n) is 0.843. The number of hydrogen-bond donors (Lipinski definition) is 0. The van der Waals surface area contributed by atoms with Crippen molar-refractivity contribution in [3.05, 3.63) is 16.0 Å². The summed E-state index contributed by atoms with van der Waals surface area (Å²) in [6.07, 6.45) is 4.15. The first-order valence-electron chi connectivity index (χ1n) is 3.98. The smallest absolute Gasteiger partial charge is 0.0666 e. The summed E-state index contributed by atoms with van der Waals surface area (Å²) in [4.78, 5) is 0. The molecule has 0 saturated carbocycles. The minimum atomic E-state index is 0.305. The van der Waals surface area contributed by atoms with Crippen molar-refractivity contribution >= 4 is 22.6 Å². The maximum Gasteiger partial charge on any atom is 0.0666 e. The molecule has 0 atom stereocenters. The Bertz CT molecular complexity index is 235. The van der Waals surface area contributed by atoms with Crippen molar-refractivity contribution in [2.75, 3.05) is 6.61 Å². The molecule has 0 amide bonds. The molecule has 0 N–H and O–H groups in total. The fraction of sp³-hybridized carbons (Fsp3) is 0.625. The van der Waals surface area contributed by atoms with Crippen molar-refractivity contribution in [1.29, 1.82) is 0 Å². The van der Waals surface area contributed by atoms with Gasteiger partial charge < -0.3 is 4.74 Å². The fourth-order valence-corrected chi connectivity index (χ4v) is 1.29. The third kappa shape index (κ3) is 3.53. The topological polar surface area (TPSA) is 27.1 Å². The SMILES string of the molecule is CC(C)OCCn1cc(I)cn1. The number of aromatic nitrogens is 2. The Kier molecular flexibility index (Phi) is 4.00. The third-order valence-electron chi connectivity index (χ3n) is 1.37. The minimum absolute atomic E-state index is 0.305. The van der Waals surface area contributed by atoms with Crippen molar-refractivity contribution in [1.82, 2.24) is 9.78 Å². The highest BCUT2D eigenvalue weighted by Gasteiger charge is 1.96. The molecule has 0 aliphatic heterocycles. The molecule has 0 bridgehead atoms. The summed E-state index contributed by atoms with van der Waals surface area (Å²) in [6.45, 7) is 5.64. The van der Waals surface area contributed by atoms with Gasteiger partial charge in [-0.3, -0.25) is 4.68 Å². The summed E-state index contributed by atoms with van der Waals surface area (Å²) in [5.74, 6) is 0. The first kappa shape index (κ1) is 9.98. The molecule has 4 heteroatoms. The van der Waals surface area contributed by atoms with Crippen LogP contribution in [-0.4, -0.2) is 22.5 Å². The van der Waals surface area contributed by atoms with Crippen LogP contribution < -0.4 is 0 Å². The summed E-state index contributed by atoms with van der Waals surface area (Å²) in [5.41, 5.74) is 0. The van der Waals surface area contributed by atoms with E-state index in [4.69, 9.17) is 4.74 Å². The van der Waals surface area contributed by atoms with Gasteiger partial charge in [-0.15, -0.1) is 0 Å². The van der Waals surface area contributed by atoms with Crippen LogP contribution in [-0.2, 0) is 11.3 Å². The van der Waals surface area contributed by atoms with E-state index in [1.165, 1.54) is 0 Å². The Morgan fingerprint density at radius 2 is 2.42 bits per heavy atom. The van der Waals surface area contributed by atoms with Gasteiger partial charge in [-0.25, -0.2) is 0 Å². The van der Waals surface area contributed by atoms with Crippen LogP contribution in [0.5, 0.6) is 0 Å². The maximum absolute atomic E-state index is 5.39. The number of ether oxygens (including phenoxy) is 1. The minimum Gasteiger partial charge on any atom is -0.377 e.